The fraction of sp³-hybridized carbons (Fsp3) is 0.625. The molecule has 2 heteroatoms. The van der Waals surface area contributed by atoms with E-state index in [-0.39, 0.29) is 11.4 Å². The Labute approximate surface area is 117 Å². The Hall–Kier alpha value is -0.470. The van der Waals surface area contributed by atoms with E-state index in [0.717, 1.165) is 18.4 Å². The average molecular weight is 266 g/mol. The maximum Gasteiger partial charge on any atom is 0.0697 e. The van der Waals surface area contributed by atoms with E-state index < -0.39 is 0 Å². The molecule has 0 radical (unpaired) electrons. The number of benzene rings is 1. The lowest BCUT2D eigenvalue weighted by Crippen LogP contribution is -2.13. The maximum absolute atomic E-state index is 10.1. The van der Waals surface area contributed by atoms with Crippen LogP contribution in [-0.4, -0.2) is 11.2 Å². The fourth-order valence-corrected chi connectivity index (χ4v) is 2.49. The first-order chi connectivity index (χ1) is 8.75. The number of unbranched alkanes of at least 4 members (excludes halogenated alkanes) is 5. The minimum absolute atomic E-state index is 0.0539. The van der Waals surface area contributed by atoms with Gasteiger partial charge < -0.3 is 5.11 Å². The monoisotopic (exact) mass is 266 g/mol. The molecule has 0 bridgehead atoms. The predicted molar refractivity (Wildman–Crippen MR) is 82.2 cm³/mol. The minimum atomic E-state index is -0.332. The molecule has 102 valence electrons. The lowest BCUT2D eigenvalue weighted by Gasteiger charge is -2.18. The molecule has 1 nitrogen and oxygen atoms in total. The van der Waals surface area contributed by atoms with E-state index in [4.69, 9.17) is 0 Å². The molecule has 1 rings (SSSR count). The molecular weight excluding hydrogens is 240 g/mol. The molecule has 0 fully saturated rings. The first-order valence-electron chi connectivity index (χ1n) is 7.16. The smallest absolute Gasteiger partial charge is 0.0697 e. The van der Waals surface area contributed by atoms with Crippen molar-refractivity contribution in [2.24, 2.45) is 0 Å². The van der Waals surface area contributed by atoms with Gasteiger partial charge in [-0.15, -0.1) is 0 Å². The number of hydrogen-bond donors (Lipinski definition) is 2. The zero-order chi connectivity index (χ0) is 13.2. The number of rotatable bonds is 9. The fourth-order valence-electron chi connectivity index (χ4n) is 2.16. The Morgan fingerprint density at radius 3 is 2.28 bits per heavy atom. The molecule has 0 saturated carbocycles. The zero-order valence-electron chi connectivity index (χ0n) is 11.4. The third-order valence-corrected chi connectivity index (χ3v) is 4.00. The van der Waals surface area contributed by atoms with E-state index in [9.17, 15) is 5.11 Å². The average Bonchev–Trinajstić information content (AvgIpc) is 2.42. The third kappa shape index (κ3) is 5.92. The van der Waals surface area contributed by atoms with E-state index in [1.54, 1.807) is 0 Å². The topological polar surface area (TPSA) is 20.2 Å². The van der Waals surface area contributed by atoms with E-state index >= 15 is 0 Å². The summed E-state index contributed by atoms with van der Waals surface area (Å²) in [5.74, 6) is 0. The van der Waals surface area contributed by atoms with Crippen LogP contribution < -0.4 is 0 Å². The molecule has 0 amide bonds. The van der Waals surface area contributed by atoms with Gasteiger partial charge in [-0.1, -0.05) is 75.8 Å². The highest BCUT2D eigenvalue weighted by molar-refractivity contribution is 7.80. The summed E-state index contributed by atoms with van der Waals surface area (Å²) in [6, 6.07) is 10.0. The van der Waals surface area contributed by atoms with E-state index in [1.165, 1.54) is 32.1 Å². The molecule has 0 saturated heterocycles. The summed E-state index contributed by atoms with van der Waals surface area (Å²) in [5, 5.41) is 10.0. The summed E-state index contributed by atoms with van der Waals surface area (Å²) < 4.78 is 0. The Morgan fingerprint density at radius 2 is 1.61 bits per heavy atom. The van der Waals surface area contributed by atoms with Gasteiger partial charge in [-0.3, -0.25) is 0 Å². The van der Waals surface area contributed by atoms with Gasteiger partial charge in [0.1, 0.15) is 0 Å². The second kappa shape index (κ2) is 9.46. The standard InChI is InChI=1S/C16H26OS/c1-2-3-4-5-6-10-13-15(17)16(18)14-11-8-7-9-12-14/h7-9,11-12,15-18H,2-6,10,13H2,1H3. The van der Waals surface area contributed by atoms with Crippen LogP contribution in [0, 0.1) is 0 Å². The molecule has 0 spiro atoms. The predicted octanol–water partition coefficient (Wildman–Crippen LogP) is 4.77. The zero-order valence-corrected chi connectivity index (χ0v) is 12.3. The minimum Gasteiger partial charge on any atom is -0.392 e. The third-order valence-electron chi connectivity index (χ3n) is 3.36. The number of thiol groups is 1. The summed E-state index contributed by atoms with van der Waals surface area (Å²) in [6.45, 7) is 2.23. The van der Waals surface area contributed by atoms with Crippen molar-refractivity contribution in [2.45, 2.75) is 63.2 Å². The van der Waals surface area contributed by atoms with E-state index in [2.05, 4.69) is 19.6 Å². The van der Waals surface area contributed by atoms with Crippen molar-refractivity contribution in [1.29, 1.82) is 0 Å². The van der Waals surface area contributed by atoms with Crippen LogP contribution in [0.4, 0.5) is 0 Å². The highest BCUT2D eigenvalue weighted by Gasteiger charge is 2.16. The molecule has 1 aromatic rings. The Balaban J connectivity index is 2.18. The lowest BCUT2D eigenvalue weighted by molar-refractivity contribution is 0.158. The highest BCUT2D eigenvalue weighted by atomic mass is 32.1. The van der Waals surface area contributed by atoms with Gasteiger partial charge in [-0.2, -0.15) is 12.6 Å². The van der Waals surface area contributed by atoms with Gasteiger partial charge in [0.2, 0.25) is 0 Å². The van der Waals surface area contributed by atoms with Crippen molar-refractivity contribution in [3.63, 3.8) is 0 Å². The number of aliphatic hydroxyl groups is 1. The maximum atomic E-state index is 10.1. The molecule has 0 aliphatic heterocycles. The van der Waals surface area contributed by atoms with Gasteiger partial charge in [-0.05, 0) is 12.0 Å². The molecule has 18 heavy (non-hydrogen) atoms. The first kappa shape index (κ1) is 15.6. The van der Waals surface area contributed by atoms with Crippen LogP contribution in [0.2, 0.25) is 0 Å². The van der Waals surface area contributed by atoms with Gasteiger partial charge in [-0.25, -0.2) is 0 Å². The molecule has 0 aromatic heterocycles. The molecule has 2 unspecified atom stereocenters. The first-order valence-corrected chi connectivity index (χ1v) is 7.68. The largest absolute Gasteiger partial charge is 0.392 e. The van der Waals surface area contributed by atoms with Crippen LogP contribution in [0.1, 0.15) is 62.7 Å². The van der Waals surface area contributed by atoms with Crippen molar-refractivity contribution in [1.82, 2.24) is 0 Å². The molecule has 0 aliphatic carbocycles. The van der Waals surface area contributed by atoms with Gasteiger partial charge in [0.25, 0.3) is 0 Å². The molecule has 1 aromatic carbocycles. The summed E-state index contributed by atoms with van der Waals surface area (Å²) in [6.07, 6.45) is 8.11. The van der Waals surface area contributed by atoms with E-state index in [0.29, 0.717) is 0 Å². The summed E-state index contributed by atoms with van der Waals surface area (Å²) in [4.78, 5) is 0. The van der Waals surface area contributed by atoms with Crippen molar-refractivity contribution in [3.8, 4) is 0 Å². The SMILES string of the molecule is CCCCCCCCC(O)C(S)c1ccccc1. The molecule has 2 atom stereocenters. The van der Waals surface area contributed by atoms with Crippen LogP contribution in [0.5, 0.6) is 0 Å². The van der Waals surface area contributed by atoms with Gasteiger partial charge >= 0.3 is 0 Å². The molecule has 0 heterocycles. The molecular formula is C16H26OS. The van der Waals surface area contributed by atoms with Crippen LogP contribution in [0.25, 0.3) is 0 Å². The van der Waals surface area contributed by atoms with Crippen molar-refractivity contribution in [3.05, 3.63) is 35.9 Å². The summed E-state index contributed by atoms with van der Waals surface area (Å²) in [5.41, 5.74) is 1.11. The van der Waals surface area contributed by atoms with Crippen LogP contribution >= 0.6 is 12.6 Å². The quantitative estimate of drug-likeness (QED) is 0.487. The summed E-state index contributed by atoms with van der Waals surface area (Å²) in [7, 11) is 0. The van der Waals surface area contributed by atoms with Gasteiger partial charge in [0.15, 0.2) is 0 Å². The second-order valence-electron chi connectivity index (χ2n) is 4.98. The molecule has 1 N–H and O–H groups in total. The number of aliphatic hydroxyl groups excluding tert-OH is 1. The normalized spacial score (nSPS) is 14.4. The number of hydrogen-bond acceptors (Lipinski definition) is 2. The van der Waals surface area contributed by atoms with Gasteiger partial charge in [0, 0.05) is 0 Å². The van der Waals surface area contributed by atoms with Gasteiger partial charge in [0.05, 0.1) is 11.4 Å². The van der Waals surface area contributed by atoms with Crippen molar-refractivity contribution < 1.29 is 5.11 Å². The molecule has 0 aliphatic rings. The Morgan fingerprint density at radius 1 is 1.00 bits per heavy atom. The van der Waals surface area contributed by atoms with Crippen molar-refractivity contribution in [2.75, 3.05) is 0 Å². The Bertz CT molecular complexity index is 299. The van der Waals surface area contributed by atoms with Crippen LogP contribution in [-0.2, 0) is 0 Å². The highest BCUT2D eigenvalue weighted by Crippen LogP contribution is 2.26. The Kier molecular flexibility index (Phi) is 8.19. The lowest BCUT2D eigenvalue weighted by atomic mass is 10.0. The van der Waals surface area contributed by atoms with E-state index in [1.807, 2.05) is 30.3 Å². The second-order valence-corrected chi connectivity index (χ2v) is 5.54. The summed E-state index contributed by atoms with van der Waals surface area (Å²) >= 11 is 4.52. The van der Waals surface area contributed by atoms with Crippen molar-refractivity contribution >= 4 is 12.6 Å². The van der Waals surface area contributed by atoms with Crippen LogP contribution in [0.3, 0.4) is 0 Å². The van der Waals surface area contributed by atoms with Crippen LogP contribution in [0.15, 0.2) is 30.3 Å².